The fourth-order valence-electron chi connectivity index (χ4n) is 2.29. The first kappa shape index (κ1) is 17.5. The summed E-state index contributed by atoms with van der Waals surface area (Å²) in [4.78, 5) is 23.5. The van der Waals surface area contributed by atoms with E-state index in [-0.39, 0.29) is 12.8 Å². The van der Waals surface area contributed by atoms with Crippen molar-refractivity contribution in [2.75, 3.05) is 6.61 Å². The van der Waals surface area contributed by atoms with Crippen molar-refractivity contribution in [2.24, 2.45) is 5.41 Å². The van der Waals surface area contributed by atoms with Crippen LogP contribution < -0.4 is 0 Å². The standard InChI is InChI=1S/C13H17F3O5/c1-4-21-10(19)12(20,13(14,15)16)9-7(17)5-11(2,3)6-8(9)18/h17,20H,4-6H2,1-3H3/t12-/m0/s1. The van der Waals surface area contributed by atoms with Gasteiger partial charge in [-0.1, -0.05) is 13.8 Å². The summed E-state index contributed by atoms with van der Waals surface area (Å²) in [5.41, 5.74) is -6.25. The Kier molecular flexibility index (Phi) is 4.43. The fraction of sp³-hybridized carbons (Fsp3) is 0.692. The number of ether oxygens (including phenoxy) is 1. The molecule has 0 aliphatic heterocycles. The topological polar surface area (TPSA) is 83.8 Å². The van der Waals surface area contributed by atoms with E-state index in [1.807, 2.05) is 0 Å². The molecule has 21 heavy (non-hydrogen) atoms. The lowest BCUT2D eigenvalue weighted by molar-refractivity contribution is -0.250. The number of esters is 1. The highest BCUT2D eigenvalue weighted by molar-refractivity contribution is 6.06. The minimum Gasteiger partial charge on any atom is -0.512 e. The van der Waals surface area contributed by atoms with Gasteiger partial charge < -0.3 is 14.9 Å². The average molecular weight is 310 g/mol. The third-order valence-corrected chi connectivity index (χ3v) is 3.20. The molecule has 0 saturated heterocycles. The molecule has 8 heteroatoms. The van der Waals surface area contributed by atoms with Crippen molar-refractivity contribution in [3.8, 4) is 0 Å². The molecular formula is C13H17F3O5. The summed E-state index contributed by atoms with van der Waals surface area (Å²) in [6, 6.07) is 0. The molecule has 0 aromatic rings. The monoisotopic (exact) mass is 310 g/mol. The van der Waals surface area contributed by atoms with Crippen LogP contribution in [0.3, 0.4) is 0 Å². The van der Waals surface area contributed by atoms with Gasteiger partial charge in [-0.2, -0.15) is 13.2 Å². The van der Waals surface area contributed by atoms with Gasteiger partial charge in [-0.05, 0) is 12.3 Å². The molecule has 120 valence electrons. The molecule has 0 radical (unpaired) electrons. The molecule has 1 rings (SSSR count). The van der Waals surface area contributed by atoms with Gasteiger partial charge in [-0.25, -0.2) is 4.79 Å². The Labute approximate surface area is 119 Å². The van der Waals surface area contributed by atoms with Gasteiger partial charge in [0, 0.05) is 12.8 Å². The number of allylic oxidation sites excluding steroid dienone is 1. The Hall–Kier alpha value is -1.57. The quantitative estimate of drug-likeness (QED) is 0.779. The maximum atomic E-state index is 13.2. The van der Waals surface area contributed by atoms with Crippen LogP contribution in [-0.2, 0) is 14.3 Å². The van der Waals surface area contributed by atoms with E-state index in [4.69, 9.17) is 0 Å². The molecule has 0 amide bonds. The molecule has 2 N–H and O–H groups in total. The zero-order chi connectivity index (χ0) is 16.6. The van der Waals surface area contributed by atoms with E-state index in [0.717, 1.165) is 0 Å². The van der Waals surface area contributed by atoms with Crippen molar-refractivity contribution in [3.05, 3.63) is 11.3 Å². The SMILES string of the molecule is CCOC(=O)[C@@](O)(C1=C(O)CC(C)(C)CC1=O)C(F)(F)F. The van der Waals surface area contributed by atoms with Gasteiger partial charge in [-0.15, -0.1) is 0 Å². The molecule has 0 saturated carbocycles. The van der Waals surface area contributed by atoms with E-state index in [2.05, 4.69) is 4.74 Å². The number of rotatable bonds is 3. The summed E-state index contributed by atoms with van der Waals surface area (Å²) in [5, 5.41) is 19.6. The van der Waals surface area contributed by atoms with Crippen molar-refractivity contribution >= 4 is 11.8 Å². The Balaban J connectivity index is 3.47. The van der Waals surface area contributed by atoms with Crippen molar-refractivity contribution in [3.63, 3.8) is 0 Å². The third kappa shape index (κ3) is 3.04. The first-order chi connectivity index (χ1) is 9.37. The van der Waals surface area contributed by atoms with Crippen molar-refractivity contribution in [2.45, 2.75) is 45.4 Å². The van der Waals surface area contributed by atoms with Gasteiger partial charge in [0.15, 0.2) is 5.78 Å². The van der Waals surface area contributed by atoms with Crippen LogP contribution in [0.4, 0.5) is 13.2 Å². The number of carbonyl (C=O) groups is 2. The second-order valence-corrected chi connectivity index (χ2v) is 5.69. The third-order valence-electron chi connectivity index (χ3n) is 3.20. The maximum Gasteiger partial charge on any atom is 0.432 e. The molecular weight excluding hydrogens is 293 g/mol. The van der Waals surface area contributed by atoms with Crippen LogP contribution in [0.25, 0.3) is 0 Å². The molecule has 0 heterocycles. The molecule has 1 aliphatic rings. The zero-order valence-electron chi connectivity index (χ0n) is 11.9. The van der Waals surface area contributed by atoms with Crippen LogP contribution in [0.2, 0.25) is 0 Å². The van der Waals surface area contributed by atoms with Gasteiger partial charge >= 0.3 is 12.1 Å². The molecule has 0 spiro atoms. The Morgan fingerprint density at radius 3 is 2.24 bits per heavy atom. The summed E-state index contributed by atoms with van der Waals surface area (Å²) in [6.45, 7) is 4.00. The van der Waals surface area contributed by atoms with Crippen LogP contribution in [-0.4, -0.2) is 40.3 Å². The largest absolute Gasteiger partial charge is 0.512 e. The lowest BCUT2D eigenvalue weighted by Crippen LogP contribution is -2.57. The number of carbonyl (C=O) groups excluding carboxylic acids is 2. The lowest BCUT2D eigenvalue weighted by atomic mass is 9.72. The molecule has 0 bridgehead atoms. The van der Waals surface area contributed by atoms with Gasteiger partial charge in [0.2, 0.25) is 0 Å². The summed E-state index contributed by atoms with van der Waals surface area (Å²) in [6.07, 6.45) is -6.07. The highest BCUT2D eigenvalue weighted by atomic mass is 19.4. The van der Waals surface area contributed by atoms with Crippen molar-refractivity contribution in [1.82, 2.24) is 0 Å². The summed E-state index contributed by atoms with van der Waals surface area (Å²) in [7, 11) is 0. The Morgan fingerprint density at radius 2 is 1.86 bits per heavy atom. The zero-order valence-corrected chi connectivity index (χ0v) is 11.9. The smallest absolute Gasteiger partial charge is 0.432 e. The molecule has 0 unspecified atom stereocenters. The van der Waals surface area contributed by atoms with E-state index in [9.17, 15) is 33.0 Å². The minimum atomic E-state index is -5.49. The summed E-state index contributed by atoms with van der Waals surface area (Å²) >= 11 is 0. The minimum absolute atomic E-state index is 0.258. The first-order valence-electron chi connectivity index (χ1n) is 6.29. The van der Waals surface area contributed by atoms with Crippen LogP contribution >= 0.6 is 0 Å². The summed E-state index contributed by atoms with van der Waals surface area (Å²) < 4.78 is 43.7. The second-order valence-electron chi connectivity index (χ2n) is 5.69. The van der Waals surface area contributed by atoms with Crippen LogP contribution in [0.5, 0.6) is 0 Å². The van der Waals surface area contributed by atoms with Gasteiger partial charge in [0.1, 0.15) is 5.76 Å². The van der Waals surface area contributed by atoms with Crippen LogP contribution in [0.1, 0.15) is 33.6 Å². The normalized spacial score (nSPS) is 22.0. The molecule has 5 nitrogen and oxygen atoms in total. The van der Waals surface area contributed by atoms with E-state index in [1.165, 1.54) is 6.92 Å². The number of halogens is 3. The lowest BCUT2D eigenvalue weighted by Gasteiger charge is -2.36. The van der Waals surface area contributed by atoms with Crippen LogP contribution in [0.15, 0.2) is 11.3 Å². The van der Waals surface area contributed by atoms with E-state index >= 15 is 0 Å². The first-order valence-corrected chi connectivity index (χ1v) is 6.29. The van der Waals surface area contributed by atoms with Crippen LogP contribution in [0, 0.1) is 5.41 Å². The predicted octanol–water partition coefficient (Wildman–Crippen LogP) is 2.04. The predicted molar refractivity (Wildman–Crippen MR) is 65.3 cm³/mol. The van der Waals surface area contributed by atoms with Crippen molar-refractivity contribution in [1.29, 1.82) is 0 Å². The molecule has 0 aromatic carbocycles. The number of alkyl halides is 3. The maximum absolute atomic E-state index is 13.2. The molecule has 1 aliphatic carbocycles. The van der Waals surface area contributed by atoms with Gasteiger partial charge in [0.05, 0.1) is 12.2 Å². The van der Waals surface area contributed by atoms with E-state index < -0.39 is 46.9 Å². The highest BCUT2D eigenvalue weighted by Crippen LogP contribution is 2.45. The highest BCUT2D eigenvalue weighted by Gasteiger charge is 2.66. The number of Topliss-reactive ketones (excluding diaryl/α,β-unsaturated/α-hetero) is 1. The number of aliphatic hydroxyl groups excluding tert-OH is 1. The number of ketones is 1. The van der Waals surface area contributed by atoms with Gasteiger partial charge in [-0.3, -0.25) is 4.79 Å². The van der Waals surface area contributed by atoms with E-state index in [1.54, 1.807) is 13.8 Å². The Morgan fingerprint density at radius 1 is 1.33 bits per heavy atom. The molecule has 0 aromatic heterocycles. The molecule has 0 fully saturated rings. The number of hydrogen-bond acceptors (Lipinski definition) is 5. The number of hydrogen-bond donors (Lipinski definition) is 2. The average Bonchev–Trinajstić information content (AvgIpc) is 2.24. The Bertz CT molecular complexity index is 493. The van der Waals surface area contributed by atoms with Crippen molar-refractivity contribution < 1.29 is 37.7 Å². The fourth-order valence-corrected chi connectivity index (χ4v) is 2.29. The van der Waals surface area contributed by atoms with Gasteiger partial charge in [0.25, 0.3) is 5.60 Å². The van der Waals surface area contributed by atoms with E-state index in [0.29, 0.717) is 0 Å². The second kappa shape index (κ2) is 5.32. The molecule has 1 atom stereocenters. The number of aliphatic hydroxyl groups is 2. The summed E-state index contributed by atoms with van der Waals surface area (Å²) in [5.74, 6) is -4.09.